The number of benzene rings is 3. The summed E-state index contributed by atoms with van der Waals surface area (Å²) in [6.07, 6.45) is 0.908. The number of nitrogens with one attached hydrogen (secondary N) is 2. The number of carbonyl (C=O) groups is 1. The molecular formula is C21H19FN2O3S. The third-order valence-corrected chi connectivity index (χ3v) is 5.55. The number of amides is 1. The highest BCUT2D eigenvalue weighted by Gasteiger charge is 2.17. The molecule has 0 aliphatic heterocycles. The van der Waals surface area contributed by atoms with E-state index in [1.165, 1.54) is 48.5 Å². The minimum absolute atomic E-state index is 0.0698. The van der Waals surface area contributed by atoms with E-state index in [1.807, 2.05) is 31.2 Å². The van der Waals surface area contributed by atoms with Crippen LogP contribution in [-0.2, 0) is 16.4 Å². The van der Waals surface area contributed by atoms with Crippen molar-refractivity contribution >= 4 is 27.3 Å². The van der Waals surface area contributed by atoms with Gasteiger partial charge in [0.05, 0.1) is 10.6 Å². The monoisotopic (exact) mass is 398 g/mol. The number of halogens is 1. The zero-order valence-electron chi connectivity index (χ0n) is 15.1. The van der Waals surface area contributed by atoms with Crippen LogP contribution in [-0.4, -0.2) is 14.3 Å². The molecular weight excluding hydrogens is 379 g/mol. The van der Waals surface area contributed by atoms with E-state index in [1.54, 1.807) is 0 Å². The molecule has 0 radical (unpaired) electrons. The van der Waals surface area contributed by atoms with Crippen molar-refractivity contribution in [1.29, 1.82) is 0 Å². The molecule has 2 N–H and O–H groups in total. The molecule has 0 bridgehead atoms. The molecule has 0 aliphatic carbocycles. The molecule has 0 fully saturated rings. The molecule has 0 atom stereocenters. The summed E-state index contributed by atoms with van der Waals surface area (Å²) in [6.45, 7) is 2.05. The van der Waals surface area contributed by atoms with E-state index in [2.05, 4.69) is 10.0 Å². The lowest BCUT2D eigenvalue weighted by Crippen LogP contribution is -2.15. The molecule has 144 valence electrons. The highest BCUT2D eigenvalue weighted by Crippen LogP contribution is 2.19. The number of aryl methyl sites for hydroxylation is 1. The number of sulfonamides is 1. The van der Waals surface area contributed by atoms with Gasteiger partial charge in [-0.3, -0.25) is 9.52 Å². The van der Waals surface area contributed by atoms with Gasteiger partial charge in [-0.25, -0.2) is 12.8 Å². The van der Waals surface area contributed by atoms with Crippen molar-refractivity contribution in [2.45, 2.75) is 18.2 Å². The maximum Gasteiger partial charge on any atom is 0.261 e. The van der Waals surface area contributed by atoms with Gasteiger partial charge in [-0.05, 0) is 60.5 Å². The second-order valence-corrected chi connectivity index (χ2v) is 7.80. The summed E-state index contributed by atoms with van der Waals surface area (Å²) in [5.74, 6) is -1.02. The Hall–Kier alpha value is -3.19. The first-order valence-corrected chi connectivity index (χ1v) is 10.1. The molecule has 0 spiro atoms. The van der Waals surface area contributed by atoms with E-state index in [-0.39, 0.29) is 16.5 Å². The topological polar surface area (TPSA) is 75.3 Å². The van der Waals surface area contributed by atoms with E-state index in [9.17, 15) is 17.6 Å². The Kier molecular flexibility index (Phi) is 5.75. The number of rotatable bonds is 6. The van der Waals surface area contributed by atoms with Gasteiger partial charge >= 0.3 is 0 Å². The van der Waals surface area contributed by atoms with Crippen LogP contribution in [0.4, 0.5) is 15.8 Å². The Labute approximate surface area is 163 Å². The summed E-state index contributed by atoms with van der Waals surface area (Å²) in [5, 5.41) is 2.76. The summed E-state index contributed by atoms with van der Waals surface area (Å²) in [4.78, 5) is 12.3. The maximum absolute atomic E-state index is 13.7. The van der Waals surface area contributed by atoms with Crippen molar-refractivity contribution < 1.29 is 17.6 Å². The van der Waals surface area contributed by atoms with Gasteiger partial charge in [0.25, 0.3) is 15.9 Å². The van der Waals surface area contributed by atoms with E-state index < -0.39 is 15.8 Å². The average molecular weight is 398 g/mol. The number of carbonyl (C=O) groups excluding carboxylic acids is 1. The van der Waals surface area contributed by atoms with Crippen molar-refractivity contribution in [3.05, 3.63) is 89.7 Å². The molecule has 5 nitrogen and oxygen atoms in total. The highest BCUT2D eigenvalue weighted by atomic mass is 32.2. The van der Waals surface area contributed by atoms with Crippen LogP contribution >= 0.6 is 0 Å². The number of hydrogen-bond donors (Lipinski definition) is 2. The highest BCUT2D eigenvalue weighted by molar-refractivity contribution is 7.92. The summed E-state index contributed by atoms with van der Waals surface area (Å²) < 4.78 is 40.7. The fraction of sp³-hybridized carbons (Fsp3) is 0.0952. The quantitative estimate of drug-likeness (QED) is 0.645. The summed E-state index contributed by atoms with van der Waals surface area (Å²) in [7, 11) is -3.97. The standard InChI is InChI=1S/C21H19FN2O3S/c1-2-15-7-11-17(12-8-15)23-21(25)16-9-13-18(14-10-16)28(26,27)24-20-6-4-3-5-19(20)22/h3-14,24H,2H2,1H3,(H,23,25). The third-order valence-electron chi connectivity index (χ3n) is 4.17. The van der Waals surface area contributed by atoms with Gasteiger partial charge in [-0.1, -0.05) is 31.2 Å². The van der Waals surface area contributed by atoms with Crippen LogP contribution in [0.5, 0.6) is 0 Å². The van der Waals surface area contributed by atoms with E-state index in [4.69, 9.17) is 0 Å². The Morgan fingerprint density at radius 2 is 1.57 bits per heavy atom. The second-order valence-electron chi connectivity index (χ2n) is 6.11. The SMILES string of the molecule is CCc1ccc(NC(=O)c2ccc(S(=O)(=O)Nc3ccccc3F)cc2)cc1. The van der Waals surface area contributed by atoms with E-state index >= 15 is 0 Å². The molecule has 0 aliphatic rings. The second kappa shape index (κ2) is 8.22. The van der Waals surface area contributed by atoms with Crippen LogP contribution in [0.25, 0.3) is 0 Å². The summed E-state index contributed by atoms with van der Waals surface area (Å²) in [5.41, 5.74) is 1.99. The molecule has 0 heterocycles. The van der Waals surface area contributed by atoms with Crippen molar-refractivity contribution in [3.8, 4) is 0 Å². The van der Waals surface area contributed by atoms with Crippen LogP contribution < -0.4 is 10.0 Å². The lowest BCUT2D eigenvalue weighted by Gasteiger charge is -2.10. The molecule has 0 saturated carbocycles. The Morgan fingerprint density at radius 3 is 2.18 bits per heavy atom. The zero-order chi connectivity index (χ0) is 20.1. The Morgan fingerprint density at radius 1 is 0.929 bits per heavy atom. The number of anilines is 2. The molecule has 3 aromatic rings. The van der Waals surface area contributed by atoms with Gasteiger partial charge < -0.3 is 5.32 Å². The van der Waals surface area contributed by atoms with Crippen LogP contribution in [0.2, 0.25) is 0 Å². The molecule has 0 unspecified atom stereocenters. The Balaban J connectivity index is 1.73. The predicted molar refractivity (Wildman–Crippen MR) is 107 cm³/mol. The van der Waals surface area contributed by atoms with Gasteiger partial charge in [0.2, 0.25) is 0 Å². The molecule has 0 saturated heterocycles. The van der Waals surface area contributed by atoms with Gasteiger partial charge in [0, 0.05) is 11.3 Å². The first kappa shape index (κ1) is 19.6. The lowest BCUT2D eigenvalue weighted by atomic mass is 10.1. The summed E-state index contributed by atoms with van der Waals surface area (Å²) >= 11 is 0. The van der Waals surface area contributed by atoms with Gasteiger partial charge in [0.15, 0.2) is 0 Å². The maximum atomic E-state index is 13.7. The first-order valence-electron chi connectivity index (χ1n) is 8.67. The van der Waals surface area contributed by atoms with Gasteiger partial charge in [-0.15, -0.1) is 0 Å². The molecule has 7 heteroatoms. The van der Waals surface area contributed by atoms with Crippen LogP contribution in [0.15, 0.2) is 77.7 Å². The van der Waals surface area contributed by atoms with Crippen LogP contribution in [0, 0.1) is 5.82 Å². The molecule has 3 rings (SSSR count). The average Bonchev–Trinajstić information content (AvgIpc) is 2.70. The van der Waals surface area contributed by atoms with Crippen molar-refractivity contribution in [3.63, 3.8) is 0 Å². The van der Waals surface area contributed by atoms with Crippen LogP contribution in [0.1, 0.15) is 22.8 Å². The van der Waals surface area contributed by atoms with Crippen molar-refractivity contribution in [1.82, 2.24) is 0 Å². The third kappa shape index (κ3) is 4.55. The fourth-order valence-electron chi connectivity index (χ4n) is 2.56. The van der Waals surface area contributed by atoms with Crippen molar-refractivity contribution in [2.75, 3.05) is 10.0 Å². The normalized spacial score (nSPS) is 11.1. The molecule has 0 aromatic heterocycles. The zero-order valence-corrected chi connectivity index (χ0v) is 16.0. The molecule has 1 amide bonds. The minimum Gasteiger partial charge on any atom is -0.322 e. The summed E-state index contributed by atoms with van der Waals surface area (Å²) in [6, 6.07) is 18.4. The van der Waals surface area contributed by atoms with Crippen LogP contribution in [0.3, 0.4) is 0 Å². The van der Waals surface area contributed by atoms with Gasteiger partial charge in [-0.2, -0.15) is 0 Å². The number of hydrogen-bond acceptors (Lipinski definition) is 3. The molecule has 3 aromatic carbocycles. The molecule has 28 heavy (non-hydrogen) atoms. The minimum atomic E-state index is -3.97. The van der Waals surface area contributed by atoms with Crippen molar-refractivity contribution in [2.24, 2.45) is 0 Å². The first-order chi connectivity index (χ1) is 13.4. The number of para-hydroxylation sites is 1. The van der Waals surface area contributed by atoms with E-state index in [0.717, 1.165) is 12.0 Å². The smallest absolute Gasteiger partial charge is 0.261 e. The fourth-order valence-corrected chi connectivity index (χ4v) is 3.63. The predicted octanol–water partition coefficient (Wildman–Crippen LogP) is 4.44. The lowest BCUT2D eigenvalue weighted by molar-refractivity contribution is 0.102. The van der Waals surface area contributed by atoms with E-state index in [0.29, 0.717) is 11.3 Å². The Bertz CT molecular complexity index is 1080. The largest absolute Gasteiger partial charge is 0.322 e. The van der Waals surface area contributed by atoms with Gasteiger partial charge in [0.1, 0.15) is 5.82 Å².